The number of carbonyl (C=O) groups excluding carboxylic acids is 2. The molecule has 1 unspecified atom stereocenters. The van der Waals surface area contributed by atoms with E-state index < -0.39 is 5.92 Å². The standard InChI is InChI=1S/C21H19ClN4O3/c1-29-19-7-4-15(22)11-18(19)26-12-14(10-20(26)27)21(28)24-16-5-2-13(3-6-16)17-8-9-23-25-17/h2-9,11,14H,10,12H2,1H3,(H,23,25)(H,24,28). The summed E-state index contributed by atoms with van der Waals surface area (Å²) in [7, 11) is 1.53. The van der Waals surface area contributed by atoms with E-state index in [1.165, 1.54) is 7.11 Å². The monoisotopic (exact) mass is 410 g/mol. The number of aromatic amines is 1. The predicted octanol–water partition coefficient (Wildman–Crippen LogP) is 3.73. The SMILES string of the molecule is COc1ccc(Cl)cc1N1CC(C(=O)Nc2ccc(-c3ccn[nH]3)cc2)CC1=O. The third-order valence-corrected chi connectivity index (χ3v) is 5.13. The number of H-pyrrole nitrogens is 1. The molecule has 1 aliphatic heterocycles. The highest BCUT2D eigenvalue weighted by atomic mass is 35.5. The summed E-state index contributed by atoms with van der Waals surface area (Å²) in [5, 5.41) is 10.2. The van der Waals surface area contributed by atoms with Crippen LogP contribution >= 0.6 is 11.6 Å². The van der Waals surface area contributed by atoms with E-state index in [0.717, 1.165) is 11.3 Å². The molecule has 1 fully saturated rings. The van der Waals surface area contributed by atoms with Crippen LogP contribution in [0.25, 0.3) is 11.3 Å². The number of aromatic nitrogens is 2. The van der Waals surface area contributed by atoms with Crippen LogP contribution in [0, 0.1) is 5.92 Å². The van der Waals surface area contributed by atoms with Crippen molar-refractivity contribution in [2.45, 2.75) is 6.42 Å². The van der Waals surface area contributed by atoms with Gasteiger partial charge in [-0.15, -0.1) is 0 Å². The maximum Gasteiger partial charge on any atom is 0.229 e. The Bertz CT molecular complexity index is 1030. The van der Waals surface area contributed by atoms with E-state index >= 15 is 0 Å². The number of hydrogen-bond donors (Lipinski definition) is 2. The fraction of sp³-hybridized carbons (Fsp3) is 0.190. The fourth-order valence-electron chi connectivity index (χ4n) is 3.38. The number of hydrogen-bond acceptors (Lipinski definition) is 4. The number of amides is 2. The third-order valence-electron chi connectivity index (χ3n) is 4.89. The van der Waals surface area contributed by atoms with E-state index in [-0.39, 0.29) is 24.8 Å². The molecular formula is C21H19ClN4O3. The second-order valence-electron chi connectivity index (χ2n) is 6.76. The Balaban J connectivity index is 1.45. The van der Waals surface area contributed by atoms with Crippen molar-refractivity contribution in [3.63, 3.8) is 0 Å². The molecular weight excluding hydrogens is 392 g/mol. The Labute approximate surface area is 172 Å². The Hall–Kier alpha value is -3.32. The summed E-state index contributed by atoms with van der Waals surface area (Å²) in [6.07, 6.45) is 1.82. The smallest absolute Gasteiger partial charge is 0.229 e. The number of nitrogens with zero attached hydrogens (tertiary/aromatic N) is 2. The van der Waals surface area contributed by atoms with E-state index in [1.54, 1.807) is 29.3 Å². The molecule has 1 aromatic heterocycles. The topological polar surface area (TPSA) is 87.3 Å². The Morgan fingerprint density at radius 1 is 1.24 bits per heavy atom. The van der Waals surface area contributed by atoms with Gasteiger partial charge in [0.1, 0.15) is 5.75 Å². The zero-order valence-electron chi connectivity index (χ0n) is 15.7. The van der Waals surface area contributed by atoms with Crippen molar-refractivity contribution in [1.29, 1.82) is 0 Å². The number of halogens is 1. The minimum atomic E-state index is -0.460. The van der Waals surface area contributed by atoms with Crippen molar-refractivity contribution in [2.75, 3.05) is 23.9 Å². The van der Waals surface area contributed by atoms with Gasteiger partial charge in [0.2, 0.25) is 11.8 Å². The van der Waals surface area contributed by atoms with E-state index in [9.17, 15) is 9.59 Å². The van der Waals surface area contributed by atoms with Crippen LogP contribution in [0.2, 0.25) is 5.02 Å². The predicted molar refractivity (Wildman–Crippen MR) is 111 cm³/mol. The minimum Gasteiger partial charge on any atom is -0.495 e. The summed E-state index contributed by atoms with van der Waals surface area (Å²) in [4.78, 5) is 26.8. The summed E-state index contributed by atoms with van der Waals surface area (Å²) in [6.45, 7) is 0.271. The van der Waals surface area contributed by atoms with Crippen molar-refractivity contribution in [2.24, 2.45) is 5.92 Å². The van der Waals surface area contributed by atoms with Gasteiger partial charge in [-0.2, -0.15) is 5.10 Å². The molecule has 2 N–H and O–H groups in total. The van der Waals surface area contributed by atoms with E-state index in [4.69, 9.17) is 16.3 Å². The largest absolute Gasteiger partial charge is 0.495 e. The normalized spacial score (nSPS) is 16.1. The summed E-state index contributed by atoms with van der Waals surface area (Å²) in [5.41, 5.74) is 3.11. The van der Waals surface area contributed by atoms with Gasteiger partial charge in [-0.1, -0.05) is 23.7 Å². The van der Waals surface area contributed by atoms with Gasteiger partial charge in [-0.3, -0.25) is 14.7 Å². The first-order chi connectivity index (χ1) is 14.0. The van der Waals surface area contributed by atoms with E-state index in [0.29, 0.717) is 22.1 Å². The van der Waals surface area contributed by atoms with Crippen molar-refractivity contribution < 1.29 is 14.3 Å². The molecule has 0 saturated carbocycles. The van der Waals surface area contributed by atoms with Gasteiger partial charge in [0.25, 0.3) is 0 Å². The lowest BCUT2D eigenvalue weighted by Gasteiger charge is -2.20. The summed E-state index contributed by atoms with van der Waals surface area (Å²) in [5.74, 6) is -0.256. The van der Waals surface area contributed by atoms with Crippen molar-refractivity contribution in [1.82, 2.24) is 10.2 Å². The zero-order valence-corrected chi connectivity index (χ0v) is 16.4. The molecule has 148 valence electrons. The molecule has 0 spiro atoms. The number of rotatable bonds is 5. The molecule has 2 heterocycles. The van der Waals surface area contributed by atoms with Crippen molar-refractivity contribution in [3.05, 3.63) is 59.8 Å². The zero-order chi connectivity index (χ0) is 20.4. The molecule has 1 saturated heterocycles. The molecule has 7 nitrogen and oxygen atoms in total. The number of nitrogens with one attached hydrogen (secondary N) is 2. The highest BCUT2D eigenvalue weighted by Crippen LogP contribution is 2.35. The lowest BCUT2D eigenvalue weighted by molar-refractivity contribution is -0.122. The molecule has 1 aliphatic rings. The molecule has 0 radical (unpaired) electrons. The number of benzene rings is 2. The number of carbonyl (C=O) groups is 2. The van der Waals surface area contributed by atoms with E-state index in [2.05, 4.69) is 15.5 Å². The van der Waals surface area contributed by atoms with Crippen molar-refractivity contribution in [3.8, 4) is 17.0 Å². The molecule has 3 aromatic rings. The maximum absolute atomic E-state index is 12.7. The first-order valence-corrected chi connectivity index (χ1v) is 9.47. The summed E-state index contributed by atoms with van der Waals surface area (Å²) < 4.78 is 5.33. The Morgan fingerprint density at radius 3 is 2.72 bits per heavy atom. The molecule has 4 rings (SSSR count). The quantitative estimate of drug-likeness (QED) is 0.670. The van der Waals surface area contributed by atoms with Gasteiger partial charge < -0.3 is 15.0 Å². The van der Waals surface area contributed by atoms with Crippen LogP contribution in [0.5, 0.6) is 5.75 Å². The lowest BCUT2D eigenvalue weighted by atomic mass is 10.1. The van der Waals surface area contributed by atoms with Gasteiger partial charge in [0.15, 0.2) is 0 Å². The third kappa shape index (κ3) is 3.95. The van der Waals surface area contributed by atoms with Gasteiger partial charge in [-0.25, -0.2) is 0 Å². The molecule has 29 heavy (non-hydrogen) atoms. The first kappa shape index (κ1) is 19.0. The van der Waals surface area contributed by atoms with Crippen LogP contribution in [0.4, 0.5) is 11.4 Å². The Kier molecular flexibility index (Phi) is 5.22. The second kappa shape index (κ2) is 7.97. The average molecular weight is 411 g/mol. The van der Waals surface area contributed by atoms with Crippen LogP contribution < -0.4 is 15.0 Å². The van der Waals surface area contributed by atoms with Crippen molar-refractivity contribution >= 4 is 34.8 Å². The molecule has 1 atom stereocenters. The van der Waals surface area contributed by atoms with Crippen LogP contribution in [-0.4, -0.2) is 35.7 Å². The maximum atomic E-state index is 12.7. The lowest BCUT2D eigenvalue weighted by Crippen LogP contribution is -2.28. The number of ether oxygens (including phenoxy) is 1. The molecule has 8 heteroatoms. The highest BCUT2D eigenvalue weighted by molar-refractivity contribution is 6.31. The molecule has 2 aromatic carbocycles. The van der Waals surface area contributed by atoms with Gasteiger partial charge in [0.05, 0.1) is 24.4 Å². The van der Waals surface area contributed by atoms with Gasteiger partial charge in [0, 0.05) is 29.9 Å². The van der Waals surface area contributed by atoms with Crippen LogP contribution in [-0.2, 0) is 9.59 Å². The minimum absolute atomic E-state index is 0.133. The first-order valence-electron chi connectivity index (χ1n) is 9.09. The van der Waals surface area contributed by atoms with Crippen LogP contribution in [0.15, 0.2) is 54.7 Å². The highest BCUT2D eigenvalue weighted by Gasteiger charge is 2.36. The number of anilines is 2. The molecule has 0 aliphatic carbocycles. The Morgan fingerprint density at radius 2 is 2.03 bits per heavy atom. The second-order valence-corrected chi connectivity index (χ2v) is 7.19. The summed E-state index contributed by atoms with van der Waals surface area (Å²) >= 11 is 6.08. The van der Waals surface area contributed by atoms with Gasteiger partial charge in [-0.05, 0) is 42.0 Å². The van der Waals surface area contributed by atoms with E-state index in [1.807, 2.05) is 30.3 Å². The number of methoxy groups -OCH3 is 1. The van der Waals surface area contributed by atoms with Gasteiger partial charge >= 0.3 is 0 Å². The van der Waals surface area contributed by atoms with Crippen LogP contribution in [0.3, 0.4) is 0 Å². The molecule has 2 amide bonds. The van der Waals surface area contributed by atoms with Crippen LogP contribution in [0.1, 0.15) is 6.42 Å². The molecule has 0 bridgehead atoms. The summed E-state index contributed by atoms with van der Waals surface area (Å²) in [6, 6.07) is 14.4. The fourth-order valence-corrected chi connectivity index (χ4v) is 3.55. The average Bonchev–Trinajstić information content (AvgIpc) is 3.38.